The Morgan fingerprint density at radius 2 is 0.817 bits per heavy atom. The zero-order valence-electron chi connectivity index (χ0n) is 40.4. The summed E-state index contributed by atoms with van der Waals surface area (Å²) in [6.07, 6.45) is 55.3. The smallest absolute Gasteiger partial charge is 0.306 e. The maximum atomic E-state index is 13.2. The van der Waals surface area contributed by atoms with Crippen LogP contribution in [0, 0.1) is 0 Å². The van der Waals surface area contributed by atoms with Gasteiger partial charge in [0.25, 0.3) is 0 Å². The van der Waals surface area contributed by atoms with Gasteiger partial charge in [0.1, 0.15) is 6.10 Å². The van der Waals surface area contributed by atoms with Crippen molar-refractivity contribution in [2.24, 2.45) is 0 Å². The molecule has 3 atom stereocenters. The lowest BCUT2D eigenvalue weighted by Crippen LogP contribution is -2.46. The van der Waals surface area contributed by atoms with Crippen LogP contribution in [-0.4, -0.2) is 46.9 Å². The van der Waals surface area contributed by atoms with Gasteiger partial charge in [-0.3, -0.25) is 9.59 Å². The average Bonchev–Trinajstić information content (AvgIpc) is 3.24. The third-order valence-corrected chi connectivity index (χ3v) is 12.3. The van der Waals surface area contributed by atoms with E-state index in [1.807, 2.05) is 0 Å². The van der Waals surface area contributed by atoms with Crippen LogP contribution in [0.3, 0.4) is 0 Å². The first kappa shape index (κ1) is 58.3. The maximum Gasteiger partial charge on any atom is 0.306 e. The maximum absolute atomic E-state index is 13.2. The highest BCUT2D eigenvalue weighted by molar-refractivity contribution is 5.77. The third kappa shape index (κ3) is 43.0. The molecule has 0 aromatic carbocycles. The summed E-state index contributed by atoms with van der Waals surface area (Å²) in [4.78, 5) is 26.1. The minimum absolute atomic E-state index is 0.0545. The van der Waals surface area contributed by atoms with Crippen LogP contribution in [0.1, 0.15) is 284 Å². The van der Waals surface area contributed by atoms with Crippen molar-refractivity contribution in [3.8, 4) is 0 Å². The Morgan fingerprint density at radius 1 is 0.467 bits per heavy atom. The molecule has 6 heteroatoms. The van der Waals surface area contributed by atoms with Crippen molar-refractivity contribution in [3.05, 3.63) is 24.3 Å². The summed E-state index contributed by atoms with van der Waals surface area (Å²) in [7, 11) is 0. The van der Waals surface area contributed by atoms with Gasteiger partial charge < -0.3 is 20.3 Å². The zero-order chi connectivity index (χ0) is 43.8. The summed E-state index contributed by atoms with van der Waals surface area (Å²) in [5.74, 6) is -0.512. The Morgan fingerprint density at radius 3 is 1.22 bits per heavy atom. The monoisotopic (exact) mass is 846 g/mol. The third-order valence-electron chi connectivity index (χ3n) is 12.3. The van der Waals surface area contributed by atoms with Gasteiger partial charge in [-0.05, 0) is 70.6 Å². The molecule has 0 aromatic rings. The molecule has 6 nitrogen and oxygen atoms in total. The minimum atomic E-state index is -0.793. The van der Waals surface area contributed by atoms with Gasteiger partial charge in [0.2, 0.25) is 5.91 Å². The molecule has 0 saturated heterocycles. The van der Waals surface area contributed by atoms with Gasteiger partial charge in [-0.2, -0.15) is 0 Å². The van der Waals surface area contributed by atoms with Gasteiger partial charge in [0, 0.05) is 6.42 Å². The molecule has 60 heavy (non-hydrogen) atoms. The zero-order valence-corrected chi connectivity index (χ0v) is 40.4. The van der Waals surface area contributed by atoms with Crippen LogP contribution in [0.25, 0.3) is 0 Å². The standard InChI is InChI=1S/C54H103NO5/c1-4-7-10-13-16-19-22-24-25-26-27-29-31-34-37-40-43-46-52(57)51(49-56)55-53(58)48-50(45-42-39-36-33-30-21-18-15-12-9-6-3)60-54(59)47-44-41-38-35-32-28-23-20-17-14-11-8-5-2/h28,32-33,36,50-52,56-57H,4-27,29-31,34-35,37-49H2,1-3H3,(H,55,58)/b32-28-,36-33-. The number of amides is 1. The summed E-state index contributed by atoms with van der Waals surface area (Å²) in [6.45, 7) is 6.47. The fourth-order valence-electron chi connectivity index (χ4n) is 8.19. The molecule has 0 saturated carbocycles. The van der Waals surface area contributed by atoms with E-state index in [1.165, 1.54) is 180 Å². The van der Waals surface area contributed by atoms with Crippen LogP contribution in [-0.2, 0) is 14.3 Å². The highest BCUT2D eigenvalue weighted by Gasteiger charge is 2.24. The molecule has 0 aliphatic carbocycles. The van der Waals surface area contributed by atoms with Gasteiger partial charge in [0.15, 0.2) is 0 Å². The Labute approximate surface area is 373 Å². The molecule has 0 spiro atoms. The number of esters is 1. The molecule has 3 unspecified atom stereocenters. The van der Waals surface area contributed by atoms with E-state index in [0.29, 0.717) is 19.3 Å². The van der Waals surface area contributed by atoms with E-state index in [1.54, 1.807) is 0 Å². The predicted octanol–water partition coefficient (Wildman–Crippen LogP) is 15.9. The van der Waals surface area contributed by atoms with E-state index in [9.17, 15) is 19.8 Å². The Balaban J connectivity index is 4.49. The van der Waals surface area contributed by atoms with Crippen LogP contribution in [0.15, 0.2) is 24.3 Å². The number of ether oxygens (including phenoxy) is 1. The first-order valence-corrected chi connectivity index (χ1v) is 26.6. The fourth-order valence-corrected chi connectivity index (χ4v) is 8.19. The first-order valence-electron chi connectivity index (χ1n) is 26.6. The topological polar surface area (TPSA) is 95.9 Å². The molecule has 0 aliphatic heterocycles. The molecule has 1 amide bonds. The highest BCUT2D eigenvalue weighted by Crippen LogP contribution is 2.17. The van der Waals surface area contributed by atoms with E-state index in [0.717, 1.165) is 57.8 Å². The lowest BCUT2D eigenvalue weighted by atomic mass is 10.0. The van der Waals surface area contributed by atoms with Gasteiger partial charge in [-0.25, -0.2) is 0 Å². The summed E-state index contributed by atoms with van der Waals surface area (Å²) in [5, 5.41) is 23.8. The van der Waals surface area contributed by atoms with Crippen molar-refractivity contribution < 1.29 is 24.5 Å². The van der Waals surface area contributed by atoms with Gasteiger partial charge in [0.05, 0.1) is 25.2 Å². The number of nitrogens with one attached hydrogen (secondary N) is 1. The first-order chi connectivity index (χ1) is 29.5. The summed E-state index contributed by atoms with van der Waals surface area (Å²) >= 11 is 0. The van der Waals surface area contributed by atoms with Crippen molar-refractivity contribution >= 4 is 11.9 Å². The minimum Gasteiger partial charge on any atom is -0.462 e. The number of aliphatic hydroxyl groups excluding tert-OH is 2. The molecule has 0 radical (unpaired) electrons. The summed E-state index contributed by atoms with van der Waals surface area (Å²) in [5.41, 5.74) is 0. The number of hydrogen-bond acceptors (Lipinski definition) is 5. The van der Waals surface area contributed by atoms with Gasteiger partial charge >= 0.3 is 5.97 Å². The summed E-state index contributed by atoms with van der Waals surface area (Å²) < 4.78 is 5.90. The number of aliphatic hydroxyl groups is 2. The predicted molar refractivity (Wildman–Crippen MR) is 260 cm³/mol. The van der Waals surface area contributed by atoms with Crippen molar-refractivity contribution in [1.29, 1.82) is 0 Å². The van der Waals surface area contributed by atoms with E-state index >= 15 is 0 Å². The highest BCUT2D eigenvalue weighted by atomic mass is 16.5. The van der Waals surface area contributed by atoms with Crippen LogP contribution >= 0.6 is 0 Å². The second-order valence-corrected chi connectivity index (χ2v) is 18.3. The largest absolute Gasteiger partial charge is 0.462 e. The molecule has 0 fully saturated rings. The molecule has 354 valence electrons. The fraction of sp³-hybridized carbons (Fsp3) is 0.889. The van der Waals surface area contributed by atoms with Gasteiger partial charge in [-0.15, -0.1) is 0 Å². The van der Waals surface area contributed by atoms with Crippen molar-refractivity contribution in [2.45, 2.75) is 302 Å². The van der Waals surface area contributed by atoms with E-state index < -0.39 is 18.2 Å². The molecular formula is C54H103NO5. The van der Waals surface area contributed by atoms with Crippen LogP contribution in [0.4, 0.5) is 0 Å². The van der Waals surface area contributed by atoms with Crippen molar-refractivity contribution in [2.75, 3.05) is 6.61 Å². The molecular weight excluding hydrogens is 743 g/mol. The van der Waals surface area contributed by atoms with Crippen LogP contribution in [0.2, 0.25) is 0 Å². The van der Waals surface area contributed by atoms with E-state index in [2.05, 4.69) is 50.4 Å². The number of unbranched alkanes of at least 4 members (excludes halogenated alkanes) is 32. The second-order valence-electron chi connectivity index (χ2n) is 18.3. The van der Waals surface area contributed by atoms with Crippen molar-refractivity contribution in [3.63, 3.8) is 0 Å². The lowest BCUT2D eigenvalue weighted by Gasteiger charge is -2.24. The SMILES string of the molecule is CCCCCCCC/C=C\CCCCCC(=O)OC(CCC/C=C\CCCCCCCC)CC(=O)NC(CO)C(O)CCCCCCCCCCCCCCCCCCC. The second kappa shape index (κ2) is 48.4. The van der Waals surface area contributed by atoms with Crippen LogP contribution < -0.4 is 5.32 Å². The number of allylic oxidation sites excluding steroid dienone is 4. The number of rotatable bonds is 48. The van der Waals surface area contributed by atoms with Crippen molar-refractivity contribution in [1.82, 2.24) is 5.32 Å². The van der Waals surface area contributed by atoms with Crippen LogP contribution in [0.5, 0.6) is 0 Å². The lowest BCUT2D eigenvalue weighted by molar-refractivity contribution is -0.151. The molecule has 3 N–H and O–H groups in total. The molecule has 0 aliphatic rings. The Hall–Kier alpha value is -1.66. The molecule has 0 heterocycles. The Kier molecular flexibility index (Phi) is 47.0. The van der Waals surface area contributed by atoms with E-state index in [4.69, 9.17) is 4.74 Å². The number of carbonyl (C=O) groups excluding carboxylic acids is 2. The normalized spacial score (nSPS) is 13.3. The molecule has 0 bridgehead atoms. The summed E-state index contributed by atoms with van der Waals surface area (Å²) in [6, 6.07) is -0.709. The van der Waals surface area contributed by atoms with E-state index in [-0.39, 0.29) is 24.9 Å². The quantitative estimate of drug-likeness (QED) is 0.0322. The van der Waals surface area contributed by atoms with Gasteiger partial charge in [-0.1, -0.05) is 225 Å². The molecule has 0 aromatic heterocycles. The average molecular weight is 846 g/mol. The number of carbonyl (C=O) groups is 2. The number of hydrogen-bond donors (Lipinski definition) is 3. The Bertz CT molecular complexity index is 950. The molecule has 0 rings (SSSR count).